The van der Waals surface area contributed by atoms with E-state index in [1.165, 1.54) is 4.90 Å². The topological polar surface area (TPSA) is 108 Å². The number of aryl methyl sites for hydroxylation is 1. The number of carbonyl (C=O) groups is 3. The van der Waals surface area contributed by atoms with E-state index in [9.17, 15) is 19.5 Å². The van der Waals surface area contributed by atoms with Gasteiger partial charge in [-0.25, -0.2) is 4.79 Å². The predicted molar refractivity (Wildman–Crippen MR) is 158 cm³/mol. The van der Waals surface area contributed by atoms with Crippen LogP contribution in [0.3, 0.4) is 0 Å². The molecule has 40 heavy (non-hydrogen) atoms. The van der Waals surface area contributed by atoms with Crippen LogP contribution in [0.15, 0.2) is 48.5 Å². The van der Waals surface area contributed by atoms with Crippen molar-refractivity contribution in [3.05, 3.63) is 65.2 Å². The van der Waals surface area contributed by atoms with Crippen LogP contribution in [0.2, 0.25) is 0 Å². The lowest BCUT2D eigenvalue weighted by Crippen LogP contribution is -2.52. The highest BCUT2D eigenvalue weighted by Crippen LogP contribution is 2.32. The summed E-state index contributed by atoms with van der Waals surface area (Å²) in [5, 5.41) is 16.6. The van der Waals surface area contributed by atoms with Gasteiger partial charge in [-0.15, -0.1) is 0 Å². The van der Waals surface area contributed by atoms with Gasteiger partial charge in [0.05, 0.1) is 0 Å². The molecule has 8 heteroatoms. The fourth-order valence-electron chi connectivity index (χ4n) is 4.46. The van der Waals surface area contributed by atoms with Gasteiger partial charge in [0.1, 0.15) is 23.4 Å². The number of phenolic OH excluding ortho intramolecular Hbond substituents is 1. The zero-order chi connectivity index (χ0) is 29.7. The number of hydrogen-bond acceptors (Lipinski definition) is 5. The number of nitrogens with zero attached hydrogens (tertiary/aromatic N) is 1. The lowest BCUT2D eigenvalue weighted by atomic mass is 9.98. The molecular formula is C32H47N3O5. The molecule has 0 aromatic heterocycles. The highest BCUT2D eigenvalue weighted by molar-refractivity contribution is 5.92. The van der Waals surface area contributed by atoms with Crippen molar-refractivity contribution >= 4 is 17.9 Å². The molecule has 2 rings (SSSR count). The van der Waals surface area contributed by atoms with E-state index >= 15 is 0 Å². The van der Waals surface area contributed by atoms with E-state index in [2.05, 4.69) is 17.6 Å². The summed E-state index contributed by atoms with van der Waals surface area (Å²) in [6, 6.07) is 12.6. The van der Waals surface area contributed by atoms with Gasteiger partial charge in [-0.1, -0.05) is 87.6 Å². The van der Waals surface area contributed by atoms with Crippen molar-refractivity contribution < 1.29 is 24.2 Å². The number of carbonyl (C=O) groups excluding carboxylic acids is 3. The number of benzene rings is 2. The summed E-state index contributed by atoms with van der Waals surface area (Å²) < 4.78 is 5.35. The fourth-order valence-corrected chi connectivity index (χ4v) is 4.46. The van der Waals surface area contributed by atoms with E-state index in [1.807, 2.05) is 30.3 Å². The van der Waals surface area contributed by atoms with Crippen LogP contribution in [0.5, 0.6) is 5.75 Å². The number of unbranched alkanes of at least 4 members (excludes halogenated alkanes) is 5. The Morgan fingerprint density at radius 1 is 0.950 bits per heavy atom. The SMILES string of the molecule is CCCCCCCCN(C(=O)C(C)NC(=O)OC(C)(C)C)C(C(=O)NCc1ccccc1)c1cccc(C)c1O. The molecule has 0 spiro atoms. The first-order valence-corrected chi connectivity index (χ1v) is 14.3. The molecule has 2 aromatic rings. The van der Waals surface area contributed by atoms with E-state index in [4.69, 9.17) is 4.74 Å². The van der Waals surface area contributed by atoms with E-state index in [0.29, 0.717) is 24.1 Å². The summed E-state index contributed by atoms with van der Waals surface area (Å²) in [6.07, 6.45) is 5.30. The molecule has 0 heterocycles. The molecule has 0 bridgehead atoms. The van der Waals surface area contributed by atoms with Crippen LogP contribution in [0.25, 0.3) is 0 Å². The molecular weight excluding hydrogens is 506 g/mol. The van der Waals surface area contributed by atoms with Crippen molar-refractivity contribution in [2.45, 2.75) is 104 Å². The van der Waals surface area contributed by atoms with Crippen LogP contribution in [-0.2, 0) is 20.9 Å². The third-order valence-electron chi connectivity index (χ3n) is 6.57. The first kappa shape index (κ1) is 32.7. The van der Waals surface area contributed by atoms with E-state index in [-0.39, 0.29) is 12.3 Å². The highest BCUT2D eigenvalue weighted by atomic mass is 16.6. The maximum absolute atomic E-state index is 13.9. The Morgan fingerprint density at radius 3 is 2.25 bits per heavy atom. The number of nitrogens with one attached hydrogen (secondary N) is 2. The summed E-state index contributed by atoms with van der Waals surface area (Å²) in [7, 11) is 0. The molecule has 0 fully saturated rings. The molecule has 8 nitrogen and oxygen atoms in total. The molecule has 3 amide bonds. The van der Waals surface area contributed by atoms with Crippen LogP contribution in [0, 0.1) is 6.92 Å². The Balaban J connectivity index is 2.39. The van der Waals surface area contributed by atoms with Gasteiger partial charge in [-0.05, 0) is 52.2 Å². The molecule has 0 aliphatic heterocycles. The highest BCUT2D eigenvalue weighted by Gasteiger charge is 2.36. The molecule has 220 valence electrons. The predicted octanol–water partition coefficient (Wildman–Crippen LogP) is 6.16. The fraction of sp³-hybridized carbons (Fsp3) is 0.531. The number of rotatable bonds is 14. The summed E-state index contributed by atoms with van der Waals surface area (Å²) in [6.45, 7) is 11.3. The lowest BCUT2D eigenvalue weighted by Gasteiger charge is -2.34. The van der Waals surface area contributed by atoms with Crippen LogP contribution in [-0.4, -0.2) is 46.1 Å². The molecule has 2 aromatic carbocycles. The van der Waals surface area contributed by atoms with Crippen LogP contribution < -0.4 is 10.6 Å². The Hall–Kier alpha value is -3.55. The Bertz CT molecular complexity index is 1100. The minimum atomic E-state index is -1.09. The molecule has 2 atom stereocenters. The molecule has 0 radical (unpaired) electrons. The minimum Gasteiger partial charge on any atom is -0.507 e. The van der Waals surface area contributed by atoms with Gasteiger partial charge >= 0.3 is 6.09 Å². The zero-order valence-electron chi connectivity index (χ0n) is 25.0. The van der Waals surface area contributed by atoms with Gasteiger partial charge in [0.2, 0.25) is 11.8 Å². The van der Waals surface area contributed by atoms with Crippen molar-refractivity contribution in [3.63, 3.8) is 0 Å². The summed E-state index contributed by atoms with van der Waals surface area (Å²) in [5.74, 6) is -0.871. The second-order valence-corrected chi connectivity index (χ2v) is 11.3. The quantitative estimate of drug-likeness (QED) is 0.243. The van der Waals surface area contributed by atoms with E-state index in [1.54, 1.807) is 52.8 Å². The van der Waals surface area contributed by atoms with Gasteiger partial charge in [-0.2, -0.15) is 0 Å². The van der Waals surface area contributed by atoms with Gasteiger partial charge in [0.15, 0.2) is 0 Å². The number of amides is 3. The number of para-hydroxylation sites is 1. The standard InChI is InChI=1S/C32H47N3O5/c1-7-8-9-10-11-15-21-35(30(38)24(3)34-31(39)40-32(4,5)6)27(26-20-16-17-23(2)28(26)36)29(37)33-22-25-18-13-12-14-19-25/h12-14,16-20,24,27,36H,7-11,15,21-22H2,1-6H3,(H,33,37)(H,34,39). The van der Waals surface area contributed by atoms with Crippen molar-refractivity contribution in [3.8, 4) is 5.75 Å². The monoisotopic (exact) mass is 553 g/mol. The maximum atomic E-state index is 13.9. The van der Waals surface area contributed by atoms with Crippen LogP contribution in [0.1, 0.15) is 95.9 Å². The van der Waals surface area contributed by atoms with Gasteiger partial charge < -0.3 is 25.4 Å². The van der Waals surface area contributed by atoms with Crippen molar-refractivity contribution in [2.24, 2.45) is 0 Å². The van der Waals surface area contributed by atoms with E-state index < -0.39 is 35.6 Å². The zero-order valence-corrected chi connectivity index (χ0v) is 25.0. The molecule has 2 unspecified atom stereocenters. The number of ether oxygens (including phenoxy) is 1. The van der Waals surface area contributed by atoms with Gasteiger partial charge in [-0.3, -0.25) is 9.59 Å². The summed E-state index contributed by atoms with van der Waals surface area (Å²) in [5.41, 5.74) is 1.13. The van der Waals surface area contributed by atoms with Crippen LogP contribution in [0.4, 0.5) is 4.79 Å². The Morgan fingerprint density at radius 2 is 1.60 bits per heavy atom. The van der Waals surface area contributed by atoms with Crippen molar-refractivity contribution in [2.75, 3.05) is 6.54 Å². The third kappa shape index (κ3) is 10.5. The van der Waals surface area contributed by atoms with Gasteiger partial charge in [0.25, 0.3) is 0 Å². The summed E-state index contributed by atoms with van der Waals surface area (Å²) >= 11 is 0. The van der Waals surface area contributed by atoms with Gasteiger partial charge in [0, 0.05) is 18.7 Å². The largest absolute Gasteiger partial charge is 0.507 e. The number of aromatic hydroxyl groups is 1. The minimum absolute atomic E-state index is 0.0316. The first-order valence-electron chi connectivity index (χ1n) is 14.3. The second kappa shape index (κ2) is 15.9. The molecule has 0 saturated heterocycles. The number of alkyl carbamates (subject to hydrolysis) is 1. The maximum Gasteiger partial charge on any atom is 0.408 e. The lowest BCUT2D eigenvalue weighted by molar-refractivity contribution is -0.142. The average Bonchev–Trinajstić information content (AvgIpc) is 2.89. The normalized spacial score (nSPS) is 12.8. The number of phenols is 1. The Labute approximate surface area is 239 Å². The third-order valence-corrected chi connectivity index (χ3v) is 6.57. The molecule has 0 aliphatic rings. The smallest absolute Gasteiger partial charge is 0.408 e. The molecule has 0 aliphatic carbocycles. The van der Waals surface area contributed by atoms with Crippen molar-refractivity contribution in [1.82, 2.24) is 15.5 Å². The van der Waals surface area contributed by atoms with Crippen LogP contribution >= 0.6 is 0 Å². The second-order valence-electron chi connectivity index (χ2n) is 11.3. The summed E-state index contributed by atoms with van der Waals surface area (Å²) in [4.78, 5) is 41.6. The molecule has 3 N–H and O–H groups in total. The first-order chi connectivity index (χ1) is 18.9. The Kier molecular flexibility index (Phi) is 13.0. The van der Waals surface area contributed by atoms with E-state index in [0.717, 1.165) is 37.7 Å². The number of hydrogen-bond donors (Lipinski definition) is 3. The average molecular weight is 554 g/mol. The molecule has 0 saturated carbocycles. The van der Waals surface area contributed by atoms with Crippen molar-refractivity contribution in [1.29, 1.82) is 0 Å².